The largest absolute Gasteiger partial charge is 0.334 e. The fraction of sp³-hybridized carbons (Fsp3) is 0.923. The van der Waals surface area contributed by atoms with Crippen molar-refractivity contribution >= 4 is 5.91 Å². The number of nitrogens with zero attached hydrogens (tertiary/aromatic N) is 1. The van der Waals surface area contributed by atoms with Gasteiger partial charge in [-0.15, -0.1) is 0 Å². The lowest BCUT2D eigenvalue weighted by Crippen LogP contribution is -2.57. The van der Waals surface area contributed by atoms with Crippen LogP contribution >= 0.6 is 0 Å². The van der Waals surface area contributed by atoms with Gasteiger partial charge in [0.2, 0.25) is 5.91 Å². The molecule has 2 saturated carbocycles. The third-order valence-electron chi connectivity index (χ3n) is 4.78. The van der Waals surface area contributed by atoms with Crippen molar-refractivity contribution in [2.75, 3.05) is 13.1 Å². The van der Waals surface area contributed by atoms with Crippen LogP contribution in [0.25, 0.3) is 0 Å². The monoisotopic (exact) mass is 222 g/mol. The highest BCUT2D eigenvalue weighted by Crippen LogP contribution is 2.58. The number of fused-ring (bicyclic) bond motifs is 1. The summed E-state index contributed by atoms with van der Waals surface area (Å²) in [5, 5.41) is 3.38. The van der Waals surface area contributed by atoms with Crippen molar-refractivity contribution in [2.45, 2.75) is 45.2 Å². The predicted octanol–water partition coefficient (Wildman–Crippen LogP) is 1.24. The number of nitrogens with one attached hydrogen (secondary N) is 1. The first-order valence-electron chi connectivity index (χ1n) is 6.73. The van der Waals surface area contributed by atoms with E-state index in [1.54, 1.807) is 0 Å². The molecule has 3 aliphatic rings. The maximum Gasteiger partial charge on any atom is 0.226 e. The fourth-order valence-electron chi connectivity index (χ4n) is 3.93. The summed E-state index contributed by atoms with van der Waals surface area (Å²) in [6.07, 6.45) is 3.96. The normalized spacial score (nSPS) is 46.6. The van der Waals surface area contributed by atoms with Crippen molar-refractivity contribution in [1.29, 1.82) is 0 Å². The van der Waals surface area contributed by atoms with Gasteiger partial charge in [-0.05, 0) is 38.5 Å². The predicted molar refractivity (Wildman–Crippen MR) is 63.0 cm³/mol. The van der Waals surface area contributed by atoms with Crippen molar-refractivity contribution in [3.8, 4) is 0 Å². The average Bonchev–Trinajstić information content (AvgIpc) is 2.72. The van der Waals surface area contributed by atoms with Gasteiger partial charge >= 0.3 is 0 Å². The van der Waals surface area contributed by atoms with Crippen molar-refractivity contribution in [2.24, 2.45) is 17.8 Å². The highest BCUT2D eigenvalue weighted by Gasteiger charge is 2.58. The van der Waals surface area contributed by atoms with Gasteiger partial charge in [0.15, 0.2) is 0 Å². The van der Waals surface area contributed by atoms with Gasteiger partial charge in [0.05, 0.1) is 0 Å². The molecule has 4 atom stereocenters. The molecule has 0 aromatic heterocycles. The van der Waals surface area contributed by atoms with Crippen LogP contribution in [0.15, 0.2) is 0 Å². The van der Waals surface area contributed by atoms with E-state index in [4.69, 9.17) is 0 Å². The zero-order valence-corrected chi connectivity index (χ0v) is 10.3. The maximum absolute atomic E-state index is 12.5. The lowest BCUT2D eigenvalue weighted by atomic mass is 10.1. The van der Waals surface area contributed by atoms with Gasteiger partial charge in [-0.1, -0.05) is 6.42 Å². The third kappa shape index (κ3) is 1.48. The molecule has 1 aliphatic heterocycles. The van der Waals surface area contributed by atoms with Gasteiger partial charge in [0.1, 0.15) is 0 Å². The van der Waals surface area contributed by atoms with E-state index in [2.05, 4.69) is 24.1 Å². The first kappa shape index (κ1) is 10.6. The molecule has 3 heteroatoms. The minimum absolute atomic E-state index is 0.373. The summed E-state index contributed by atoms with van der Waals surface area (Å²) in [5.74, 6) is 2.36. The summed E-state index contributed by atoms with van der Waals surface area (Å²) in [6, 6.07) is 0.746. The summed E-state index contributed by atoms with van der Waals surface area (Å²) in [7, 11) is 0. The Kier molecular flexibility index (Phi) is 2.46. The first-order valence-corrected chi connectivity index (χ1v) is 6.73. The van der Waals surface area contributed by atoms with Crippen LogP contribution < -0.4 is 5.32 Å². The van der Waals surface area contributed by atoms with E-state index in [1.165, 1.54) is 19.3 Å². The van der Waals surface area contributed by atoms with Crippen LogP contribution in [0.2, 0.25) is 0 Å². The Morgan fingerprint density at radius 2 is 1.69 bits per heavy atom. The van der Waals surface area contributed by atoms with E-state index < -0.39 is 0 Å². The fourth-order valence-corrected chi connectivity index (χ4v) is 3.93. The highest BCUT2D eigenvalue weighted by atomic mass is 16.2. The van der Waals surface area contributed by atoms with E-state index in [-0.39, 0.29) is 0 Å². The number of carbonyl (C=O) groups is 1. The number of hydrogen-bond acceptors (Lipinski definition) is 2. The minimum Gasteiger partial charge on any atom is -0.334 e. The summed E-state index contributed by atoms with van der Waals surface area (Å²) in [4.78, 5) is 14.6. The Balaban J connectivity index is 1.69. The quantitative estimate of drug-likeness (QED) is 0.724. The molecule has 1 heterocycles. The Morgan fingerprint density at radius 1 is 1.12 bits per heavy atom. The van der Waals surface area contributed by atoms with E-state index in [0.717, 1.165) is 24.9 Å². The number of piperazine rings is 1. The Hall–Kier alpha value is -0.570. The number of carbonyl (C=O) groups excluding carboxylic acids is 1. The molecule has 4 unspecified atom stereocenters. The Labute approximate surface area is 97.6 Å². The number of amides is 1. The lowest BCUT2D eigenvalue weighted by molar-refractivity contribution is -0.138. The Morgan fingerprint density at radius 3 is 2.25 bits per heavy atom. The van der Waals surface area contributed by atoms with Crippen LogP contribution in [0.1, 0.15) is 33.1 Å². The molecule has 90 valence electrons. The van der Waals surface area contributed by atoms with E-state index in [9.17, 15) is 4.79 Å². The smallest absolute Gasteiger partial charge is 0.226 e. The van der Waals surface area contributed by atoms with Crippen molar-refractivity contribution in [3.63, 3.8) is 0 Å². The Bertz CT molecular complexity index is 284. The summed E-state index contributed by atoms with van der Waals surface area (Å²) in [5.41, 5.74) is 0. The second-order valence-electron chi connectivity index (χ2n) is 5.89. The average molecular weight is 222 g/mol. The van der Waals surface area contributed by atoms with Crippen molar-refractivity contribution in [3.05, 3.63) is 0 Å². The highest BCUT2D eigenvalue weighted by molar-refractivity contribution is 5.83. The molecule has 0 radical (unpaired) electrons. The maximum atomic E-state index is 12.5. The number of hydrogen-bond donors (Lipinski definition) is 1. The summed E-state index contributed by atoms with van der Waals surface area (Å²) < 4.78 is 0. The molecule has 3 rings (SSSR count). The molecular formula is C13H22N2O. The van der Waals surface area contributed by atoms with Crippen LogP contribution in [-0.4, -0.2) is 36.0 Å². The van der Waals surface area contributed by atoms with Crippen LogP contribution in [0.3, 0.4) is 0 Å². The molecule has 1 N–H and O–H groups in total. The molecule has 3 fully saturated rings. The molecular weight excluding hydrogens is 200 g/mol. The van der Waals surface area contributed by atoms with Crippen LogP contribution in [0.4, 0.5) is 0 Å². The molecule has 0 aromatic rings. The summed E-state index contributed by atoms with van der Waals surface area (Å²) in [6.45, 7) is 6.24. The second-order valence-corrected chi connectivity index (χ2v) is 5.89. The van der Waals surface area contributed by atoms with Gasteiger partial charge in [-0.25, -0.2) is 0 Å². The molecule has 1 amide bonds. The summed E-state index contributed by atoms with van der Waals surface area (Å²) >= 11 is 0. The molecule has 0 aromatic carbocycles. The molecule has 16 heavy (non-hydrogen) atoms. The van der Waals surface area contributed by atoms with Gasteiger partial charge in [0, 0.05) is 31.1 Å². The number of rotatable bonds is 1. The first-order chi connectivity index (χ1) is 7.70. The van der Waals surface area contributed by atoms with E-state index in [0.29, 0.717) is 23.9 Å². The second kappa shape index (κ2) is 3.73. The van der Waals surface area contributed by atoms with Crippen LogP contribution in [0, 0.1) is 17.8 Å². The molecule has 1 saturated heterocycles. The van der Waals surface area contributed by atoms with Crippen LogP contribution in [-0.2, 0) is 4.79 Å². The van der Waals surface area contributed by atoms with Gasteiger partial charge in [-0.3, -0.25) is 4.79 Å². The SMILES string of the molecule is CC1CNCC(C)N1C(=O)C1C2CCCC21. The van der Waals surface area contributed by atoms with E-state index in [1.807, 2.05) is 0 Å². The zero-order valence-electron chi connectivity index (χ0n) is 10.3. The lowest BCUT2D eigenvalue weighted by Gasteiger charge is -2.40. The van der Waals surface area contributed by atoms with Gasteiger partial charge < -0.3 is 10.2 Å². The van der Waals surface area contributed by atoms with Crippen LogP contribution in [0.5, 0.6) is 0 Å². The molecule has 2 aliphatic carbocycles. The molecule has 0 spiro atoms. The van der Waals surface area contributed by atoms with Crippen molar-refractivity contribution in [1.82, 2.24) is 10.2 Å². The third-order valence-corrected chi connectivity index (χ3v) is 4.78. The van der Waals surface area contributed by atoms with E-state index >= 15 is 0 Å². The zero-order chi connectivity index (χ0) is 11.3. The van der Waals surface area contributed by atoms with Crippen molar-refractivity contribution < 1.29 is 4.79 Å². The standard InChI is InChI=1S/C13H22N2O/c1-8-6-14-7-9(2)15(8)13(16)12-10-4-3-5-11(10)12/h8-12,14H,3-7H2,1-2H3. The van der Waals surface area contributed by atoms with Gasteiger partial charge in [0.25, 0.3) is 0 Å². The molecule has 0 bridgehead atoms. The van der Waals surface area contributed by atoms with Gasteiger partial charge in [-0.2, -0.15) is 0 Å². The topological polar surface area (TPSA) is 32.3 Å². The molecule has 3 nitrogen and oxygen atoms in total. The minimum atomic E-state index is 0.373.